The van der Waals surface area contributed by atoms with Gasteiger partial charge in [0.25, 0.3) is 5.56 Å². The van der Waals surface area contributed by atoms with E-state index in [2.05, 4.69) is 10.2 Å². The monoisotopic (exact) mass is 548 g/mol. The second kappa shape index (κ2) is 10.5. The zero-order valence-corrected chi connectivity index (χ0v) is 24.3. The van der Waals surface area contributed by atoms with Crippen LogP contribution in [0.3, 0.4) is 0 Å². The zero-order valence-electron chi connectivity index (χ0n) is 24.3. The molecular weight excluding hydrogens is 504 g/mol. The molecule has 1 N–H and O–H groups in total. The molecule has 2 aromatic rings. The first kappa shape index (κ1) is 27.3. The van der Waals surface area contributed by atoms with Crippen molar-refractivity contribution in [2.24, 2.45) is 23.2 Å². The number of benzene rings is 1. The average molecular weight is 549 g/mol. The summed E-state index contributed by atoms with van der Waals surface area (Å²) in [5, 5.41) is 4.61. The maximum Gasteiger partial charge on any atom is 0.410 e. The van der Waals surface area contributed by atoms with Crippen molar-refractivity contribution >= 4 is 28.5 Å². The number of carbonyl (C=O) groups is 2. The van der Waals surface area contributed by atoms with Gasteiger partial charge < -0.3 is 19.5 Å². The molecule has 5 aliphatic rings. The highest BCUT2D eigenvalue weighted by Crippen LogP contribution is 2.61. The Morgan fingerprint density at radius 2 is 1.57 bits per heavy atom. The molecule has 7 rings (SSSR count). The van der Waals surface area contributed by atoms with Gasteiger partial charge in [0.2, 0.25) is 5.91 Å². The number of ether oxygens (including phenoxy) is 1. The Bertz CT molecular complexity index is 1300. The molecule has 2 heterocycles. The first-order valence-corrected chi connectivity index (χ1v) is 15.2. The van der Waals surface area contributed by atoms with E-state index >= 15 is 0 Å². The van der Waals surface area contributed by atoms with Crippen LogP contribution in [-0.2, 0) is 16.1 Å². The standard InChI is InChI=1S/C32H44N4O4/c1-31(2,3)40-30(39)36-13-10-34(11-14-36)9-12-35-8-7-25-26(29(35)38)5-4-6-27(25)33-28(37)21-32-18-22-15-23(19-32)17-24(16-22)20-32/h4-8,22-24H,9-21H2,1-3H3,(H,33,37). The normalized spacial score (nSPS) is 28.2. The molecule has 2 amide bonds. The third kappa shape index (κ3) is 5.78. The van der Waals surface area contributed by atoms with E-state index in [-0.39, 0.29) is 23.0 Å². The van der Waals surface area contributed by atoms with Crippen molar-refractivity contribution in [3.8, 4) is 0 Å². The number of aromatic nitrogens is 1. The van der Waals surface area contributed by atoms with Gasteiger partial charge in [-0.25, -0.2) is 4.79 Å². The molecule has 0 radical (unpaired) electrons. The lowest BCUT2D eigenvalue weighted by atomic mass is 9.49. The van der Waals surface area contributed by atoms with E-state index in [1.165, 1.54) is 38.5 Å². The number of carbonyl (C=O) groups excluding carboxylic acids is 2. The third-order valence-corrected chi connectivity index (χ3v) is 9.67. The number of hydrogen-bond donors (Lipinski definition) is 1. The first-order chi connectivity index (χ1) is 19.1. The van der Waals surface area contributed by atoms with Crippen LogP contribution in [0.5, 0.6) is 0 Å². The van der Waals surface area contributed by atoms with Gasteiger partial charge in [-0.15, -0.1) is 0 Å². The molecule has 0 spiro atoms. The number of nitrogens with zero attached hydrogens (tertiary/aromatic N) is 3. The van der Waals surface area contributed by atoms with Crippen LogP contribution in [0.2, 0.25) is 0 Å². The summed E-state index contributed by atoms with van der Waals surface area (Å²) in [7, 11) is 0. The third-order valence-electron chi connectivity index (χ3n) is 9.67. The molecule has 0 atom stereocenters. The Kier molecular flexibility index (Phi) is 7.18. The van der Waals surface area contributed by atoms with E-state index in [9.17, 15) is 14.4 Å². The summed E-state index contributed by atoms with van der Waals surface area (Å²) in [6.45, 7) is 9.68. The van der Waals surface area contributed by atoms with E-state index in [0.717, 1.165) is 48.5 Å². The summed E-state index contributed by atoms with van der Waals surface area (Å²) in [4.78, 5) is 43.0. The van der Waals surface area contributed by atoms with Gasteiger partial charge in [0.05, 0.1) is 0 Å². The van der Waals surface area contributed by atoms with Gasteiger partial charge >= 0.3 is 6.09 Å². The lowest BCUT2D eigenvalue weighted by Gasteiger charge is -2.56. The van der Waals surface area contributed by atoms with Crippen molar-refractivity contribution in [2.45, 2.75) is 77.9 Å². The van der Waals surface area contributed by atoms with Crippen molar-refractivity contribution < 1.29 is 14.3 Å². The van der Waals surface area contributed by atoms with E-state index in [1.807, 2.05) is 51.2 Å². The molecule has 1 aromatic carbocycles. The zero-order chi connectivity index (χ0) is 28.1. The number of anilines is 1. The second-order valence-electron chi connectivity index (χ2n) is 14.0. The molecule has 216 valence electrons. The SMILES string of the molecule is CC(C)(C)OC(=O)N1CCN(CCn2ccc3c(NC(=O)CC45CC6CC(CC(C6)C4)C5)cccc3c2=O)CC1. The number of pyridine rings is 1. The summed E-state index contributed by atoms with van der Waals surface area (Å²) in [5.74, 6) is 2.56. The number of amides is 2. The smallest absolute Gasteiger partial charge is 0.410 e. The number of rotatable bonds is 6. The van der Waals surface area contributed by atoms with E-state index in [1.54, 1.807) is 9.47 Å². The van der Waals surface area contributed by atoms with Gasteiger partial charge in [-0.1, -0.05) is 6.07 Å². The van der Waals surface area contributed by atoms with Crippen LogP contribution < -0.4 is 10.9 Å². The Morgan fingerprint density at radius 1 is 0.925 bits per heavy atom. The van der Waals surface area contributed by atoms with Gasteiger partial charge in [-0.05, 0) is 101 Å². The topological polar surface area (TPSA) is 83.9 Å². The summed E-state index contributed by atoms with van der Waals surface area (Å²) >= 11 is 0. The molecule has 8 heteroatoms. The molecular formula is C32H44N4O4. The van der Waals surface area contributed by atoms with Crippen LogP contribution in [0, 0.1) is 23.2 Å². The lowest BCUT2D eigenvalue weighted by molar-refractivity contribution is -0.124. The molecule has 8 nitrogen and oxygen atoms in total. The minimum Gasteiger partial charge on any atom is -0.444 e. The van der Waals surface area contributed by atoms with E-state index in [4.69, 9.17) is 4.74 Å². The van der Waals surface area contributed by atoms with E-state index in [0.29, 0.717) is 31.4 Å². The molecule has 4 aliphatic carbocycles. The van der Waals surface area contributed by atoms with E-state index < -0.39 is 5.60 Å². The number of piperazine rings is 1. The summed E-state index contributed by atoms with van der Waals surface area (Å²) in [6, 6.07) is 7.58. The molecule has 1 aliphatic heterocycles. The minimum absolute atomic E-state index is 0.0397. The molecule has 4 bridgehead atoms. The predicted molar refractivity (Wildman–Crippen MR) is 156 cm³/mol. The quantitative estimate of drug-likeness (QED) is 0.543. The predicted octanol–water partition coefficient (Wildman–Crippen LogP) is 5.10. The van der Waals surface area contributed by atoms with Gasteiger partial charge in [0.1, 0.15) is 5.60 Å². The van der Waals surface area contributed by atoms with Crippen LogP contribution in [0.1, 0.15) is 65.7 Å². The first-order valence-electron chi connectivity index (χ1n) is 15.2. The molecule has 1 aromatic heterocycles. The van der Waals surface area contributed by atoms with Crippen molar-refractivity contribution in [2.75, 3.05) is 38.0 Å². The second-order valence-corrected chi connectivity index (χ2v) is 14.0. The molecule has 4 saturated carbocycles. The Morgan fingerprint density at radius 3 is 2.20 bits per heavy atom. The highest BCUT2D eigenvalue weighted by atomic mass is 16.6. The highest BCUT2D eigenvalue weighted by molar-refractivity contribution is 6.02. The van der Waals surface area contributed by atoms with Crippen LogP contribution in [0.25, 0.3) is 10.8 Å². The minimum atomic E-state index is -0.497. The average Bonchev–Trinajstić information content (AvgIpc) is 2.87. The van der Waals surface area contributed by atoms with Gasteiger partial charge in [-0.2, -0.15) is 0 Å². The molecule has 40 heavy (non-hydrogen) atoms. The highest BCUT2D eigenvalue weighted by Gasteiger charge is 2.51. The maximum atomic E-state index is 13.4. The Hall–Kier alpha value is -2.87. The van der Waals surface area contributed by atoms with Crippen LogP contribution in [0.15, 0.2) is 35.3 Å². The number of hydrogen-bond acceptors (Lipinski definition) is 5. The van der Waals surface area contributed by atoms with Crippen molar-refractivity contribution in [1.82, 2.24) is 14.4 Å². The number of nitrogens with one attached hydrogen (secondary N) is 1. The fraction of sp³-hybridized carbons (Fsp3) is 0.656. The largest absolute Gasteiger partial charge is 0.444 e. The summed E-state index contributed by atoms with van der Waals surface area (Å²) in [6.07, 6.45) is 9.94. The van der Waals surface area contributed by atoms with Crippen molar-refractivity contribution in [3.63, 3.8) is 0 Å². The van der Waals surface area contributed by atoms with Gasteiger partial charge in [0, 0.05) is 68.3 Å². The van der Waals surface area contributed by atoms with Crippen LogP contribution >= 0.6 is 0 Å². The van der Waals surface area contributed by atoms with Gasteiger partial charge in [0.15, 0.2) is 0 Å². The van der Waals surface area contributed by atoms with Crippen molar-refractivity contribution in [1.29, 1.82) is 0 Å². The summed E-state index contributed by atoms with van der Waals surface area (Å²) in [5.41, 5.74) is 0.383. The van der Waals surface area contributed by atoms with Crippen LogP contribution in [-0.4, -0.2) is 64.7 Å². The molecule has 1 saturated heterocycles. The summed E-state index contributed by atoms with van der Waals surface area (Å²) < 4.78 is 7.24. The maximum absolute atomic E-state index is 13.4. The van der Waals surface area contributed by atoms with Crippen LogP contribution in [0.4, 0.5) is 10.5 Å². The van der Waals surface area contributed by atoms with Gasteiger partial charge in [-0.3, -0.25) is 14.5 Å². The molecule has 0 unspecified atom stereocenters. The number of fused-ring (bicyclic) bond motifs is 1. The fourth-order valence-electron chi connectivity index (χ4n) is 8.37. The Balaban J connectivity index is 1.06. The van der Waals surface area contributed by atoms with Crippen molar-refractivity contribution in [3.05, 3.63) is 40.8 Å². The Labute approximate surface area is 237 Å². The fourth-order valence-corrected chi connectivity index (χ4v) is 8.37. The lowest BCUT2D eigenvalue weighted by Crippen LogP contribution is -2.50. The molecule has 5 fully saturated rings.